The van der Waals surface area contributed by atoms with Gasteiger partial charge in [0.1, 0.15) is 4.84 Å². The molecule has 0 saturated carbocycles. The quantitative estimate of drug-likeness (QED) is 0.362. The van der Waals surface area contributed by atoms with E-state index in [1.807, 2.05) is 0 Å². The maximum absolute atomic E-state index is 6.75. The molecule has 0 aromatic carbocycles. The van der Waals surface area contributed by atoms with Gasteiger partial charge in [0, 0.05) is 6.42 Å². The first-order chi connectivity index (χ1) is 3.63. The highest BCUT2D eigenvalue weighted by atomic mass is 35.5. The van der Waals surface area contributed by atoms with Crippen LogP contribution in [0.25, 0.3) is 0 Å². The van der Waals surface area contributed by atoms with E-state index >= 15 is 0 Å². The van der Waals surface area contributed by atoms with Crippen molar-refractivity contribution in [2.45, 2.75) is 17.7 Å². The van der Waals surface area contributed by atoms with Crippen LogP contribution in [-0.4, -0.2) is 10.7 Å². The van der Waals surface area contributed by atoms with Crippen molar-refractivity contribution in [1.29, 1.82) is 5.41 Å². The third kappa shape index (κ3) is 6.05. The molecule has 0 aliphatic heterocycles. The molecule has 0 amide bonds. The Bertz CT molecular complexity index is 82.1. The second kappa shape index (κ2) is 3.98. The minimum Gasteiger partial charge on any atom is -0.388 e. The van der Waals surface area contributed by atoms with Gasteiger partial charge in [0.25, 0.3) is 0 Å². The van der Waals surface area contributed by atoms with E-state index in [-0.39, 0.29) is 10.7 Å². The summed E-state index contributed by atoms with van der Waals surface area (Å²) in [5.74, 6) is 0.135. The number of nitrogens with two attached hydrogens (primary N) is 1. The Labute approximate surface area is 58.5 Å². The number of alkyl halides is 2. The Hall–Kier alpha value is 0.0500. The van der Waals surface area contributed by atoms with Crippen LogP contribution in [0.3, 0.4) is 0 Å². The van der Waals surface area contributed by atoms with E-state index in [2.05, 4.69) is 0 Å². The first-order valence-electron chi connectivity index (χ1n) is 2.24. The molecule has 0 heterocycles. The minimum absolute atomic E-state index is 0.135. The number of amidine groups is 1. The van der Waals surface area contributed by atoms with Gasteiger partial charge in [-0.25, -0.2) is 0 Å². The van der Waals surface area contributed by atoms with Crippen molar-refractivity contribution in [2.24, 2.45) is 5.73 Å². The summed E-state index contributed by atoms with van der Waals surface area (Å²) in [4.78, 5) is -0.390. The molecule has 0 atom stereocenters. The molecule has 0 aromatic rings. The number of halogens is 2. The molecule has 0 aliphatic carbocycles. The number of rotatable bonds is 3. The van der Waals surface area contributed by atoms with Gasteiger partial charge in [0.05, 0.1) is 5.84 Å². The topological polar surface area (TPSA) is 49.9 Å². The molecular weight excluding hydrogens is 147 g/mol. The van der Waals surface area contributed by atoms with E-state index in [0.29, 0.717) is 12.8 Å². The van der Waals surface area contributed by atoms with Gasteiger partial charge in [0.15, 0.2) is 0 Å². The highest BCUT2D eigenvalue weighted by Gasteiger charge is 1.97. The molecule has 0 aromatic heterocycles. The molecule has 48 valence electrons. The van der Waals surface area contributed by atoms with Crippen molar-refractivity contribution in [2.75, 3.05) is 0 Å². The summed E-state index contributed by atoms with van der Waals surface area (Å²) in [5, 5.41) is 6.75. The number of nitrogens with one attached hydrogen (secondary N) is 1. The Balaban J connectivity index is 3.05. The van der Waals surface area contributed by atoms with Crippen molar-refractivity contribution >= 4 is 29.0 Å². The van der Waals surface area contributed by atoms with Gasteiger partial charge in [-0.3, -0.25) is 5.41 Å². The van der Waals surface area contributed by atoms with E-state index in [1.54, 1.807) is 0 Å². The van der Waals surface area contributed by atoms with E-state index < -0.39 is 0 Å². The van der Waals surface area contributed by atoms with E-state index in [1.165, 1.54) is 0 Å². The molecule has 3 N–H and O–H groups in total. The summed E-state index contributed by atoms with van der Waals surface area (Å²) in [6, 6.07) is 0. The smallest absolute Gasteiger partial charge is 0.108 e. The highest BCUT2D eigenvalue weighted by Crippen LogP contribution is 2.08. The fraction of sp³-hybridized carbons (Fsp3) is 0.750. The summed E-state index contributed by atoms with van der Waals surface area (Å²) in [7, 11) is 0. The zero-order valence-corrected chi connectivity index (χ0v) is 5.84. The Kier molecular flexibility index (Phi) is 4.01. The highest BCUT2D eigenvalue weighted by molar-refractivity contribution is 6.44. The van der Waals surface area contributed by atoms with Crippen LogP contribution >= 0.6 is 23.2 Å². The lowest BCUT2D eigenvalue weighted by atomic mass is 10.3. The molecule has 0 spiro atoms. The molecule has 8 heavy (non-hydrogen) atoms. The summed E-state index contributed by atoms with van der Waals surface area (Å²) in [6.07, 6.45) is 1.05. The Morgan fingerprint density at radius 1 is 1.62 bits per heavy atom. The number of hydrogen-bond donors (Lipinski definition) is 2. The van der Waals surface area contributed by atoms with Crippen molar-refractivity contribution in [1.82, 2.24) is 0 Å². The average molecular weight is 155 g/mol. The minimum atomic E-state index is -0.390. The largest absolute Gasteiger partial charge is 0.388 e. The fourth-order valence-corrected chi connectivity index (χ4v) is 0.483. The van der Waals surface area contributed by atoms with Gasteiger partial charge < -0.3 is 5.73 Å². The summed E-state index contributed by atoms with van der Waals surface area (Å²) in [6.45, 7) is 0. The van der Waals surface area contributed by atoms with Gasteiger partial charge in [-0.1, -0.05) is 0 Å². The fourth-order valence-electron chi connectivity index (χ4n) is 0.265. The van der Waals surface area contributed by atoms with E-state index in [9.17, 15) is 0 Å². The molecule has 0 fully saturated rings. The molecule has 0 aliphatic rings. The van der Waals surface area contributed by atoms with E-state index in [4.69, 9.17) is 34.3 Å². The third-order valence-electron chi connectivity index (χ3n) is 0.632. The SMILES string of the molecule is N=C(N)CCC(Cl)Cl. The zero-order valence-electron chi connectivity index (χ0n) is 4.32. The van der Waals surface area contributed by atoms with Crippen LogP contribution in [0.15, 0.2) is 0 Å². The third-order valence-corrected chi connectivity index (χ3v) is 1.07. The van der Waals surface area contributed by atoms with Gasteiger partial charge in [-0.05, 0) is 6.42 Å². The molecule has 0 bridgehead atoms. The predicted molar refractivity (Wildman–Crippen MR) is 36.6 cm³/mol. The molecule has 0 radical (unpaired) electrons. The first kappa shape index (κ1) is 8.05. The monoisotopic (exact) mass is 154 g/mol. The molecular formula is C4H8Cl2N2. The standard InChI is InChI=1S/C4H8Cl2N2/c5-3(6)1-2-4(7)8/h3H,1-2H2,(H3,7,8). The lowest BCUT2D eigenvalue weighted by Crippen LogP contribution is -2.09. The first-order valence-corrected chi connectivity index (χ1v) is 3.11. The summed E-state index contributed by atoms with van der Waals surface area (Å²) >= 11 is 10.7. The zero-order chi connectivity index (χ0) is 6.57. The molecule has 0 unspecified atom stereocenters. The lowest BCUT2D eigenvalue weighted by Gasteiger charge is -1.96. The summed E-state index contributed by atoms with van der Waals surface area (Å²) < 4.78 is 0. The maximum Gasteiger partial charge on any atom is 0.108 e. The van der Waals surface area contributed by atoms with Gasteiger partial charge in [-0.2, -0.15) is 0 Å². The van der Waals surface area contributed by atoms with Crippen molar-refractivity contribution in [3.05, 3.63) is 0 Å². The van der Waals surface area contributed by atoms with Gasteiger partial charge in [0.2, 0.25) is 0 Å². The second-order valence-corrected chi connectivity index (χ2v) is 2.73. The van der Waals surface area contributed by atoms with Gasteiger partial charge in [-0.15, -0.1) is 23.2 Å². The normalized spacial score (nSPS) is 9.88. The van der Waals surface area contributed by atoms with Crippen molar-refractivity contribution < 1.29 is 0 Å². The van der Waals surface area contributed by atoms with Crippen LogP contribution in [-0.2, 0) is 0 Å². The Morgan fingerprint density at radius 3 is 2.25 bits per heavy atom. The van der Waals surface area contributed by atoms with Crippen LogP contribution < -0.4 is 5.73 Å². The average Bonchev–Trinajstić information content (AvgIpc) is 1.61. The predicted octanol–water partition coefficient (Wildman–Crippen LogP) is 1.51. The van der Waals surface area contributed by atoms with Gasteiger partial charge >= 0.3 is 0 Å². The maximum atomic E-state index is 6.75. The van der Waals surface area contributed by atoms with Crippen LogP contribution in [0, 0.1) is 5.41 Å². The molecule has 0 rings (SSSR count). The molecule has 2 nitrogen and oxygen atoms in total. The molecule has 4 heteroatoms. The van der Waals surface area contributed by atoms with Crippen LogP contribution in [0.1, 0.15) is 12.8 Å². The summed E-state index contributed by atoms with van der Waals surface area (Å²) in [5.41, 5.74) is 5.01. The number of hydrogen-bond acceptors (Lipinski definition) is 1. The van der Waals surface area contributed by atoms with Crippen molar-refractivity contribution in [3.63, 3.8) is 0 Å². The van der Waals surface area contributed by atoms with Crippen LogP contribution in [0.2, 0.25) is 0 Å². The van der Waals surface area contributed by atoms with Crippen LogP contribution in [0.5, 0.6) is 0 Å². The van der Waals surface area contributed by atoms with Crippen molar-refractivity contribution in [3.8, 4) is 0 Å². The lowest BCUT2D eigenvalue weighted by molar-refractivity contribution is 0.942. The van der Waals surface area contributed by atoms with E-state index in [0.717, 1.165) is 0 Å². The van der Waals surface area contributed by atoms with Crippen LogP contribution in [0.4, 0.5) is 0 Å². The Morgan fingerprint density at radius 2 is 2.12 bits per heavy atom. The molecule has 0 saturated heterocycles. The second-order valence-electron chi connectivity index (χ2n) is 1.45.